The van der Waals surface area contributed by atoms with Crippen molar-refractivity contribution in [3.05, 3.63) is 59.3 Å². The number of para-hydroxylation sites is 1. The van der Waals surface area contributed by atoms with E-state index in [0.29, 0.717) is 29.8 Å². The van der Waals surface area contributed by atoms with Crippen molar-refractivity contribution in [2.75, 3.05) is 16.9 Å². The number of benzene rings is 2. The Morgan fingerprint density at radius 1 is 1.07 bits per heavy atom. The molecule has 1 atom stereocenters. The summed E-state index contributed by atoms with van der Waals surface area (Å²) in [6.45, 7) is 4.10. The van der Waals surface area contributed by atoms with Crippen molar-refractivity contribution in [3.8, 4) is 5.75 Å². The van der Waals surface area contributed by atoms with Crippen LogP contribution in [0.25, 0.3) is 0 Å². The zero-order chi connectivity index (χ0) is 21.0. The number of phenols is 1. The predicted molar refractivity (Wildman–Crippen MR) is 113 cm³/mol. The number of carbonyl (C=O) groups is 1. The van der Waals surface area contributed by atoms with Crippen LogP contribution < -0.4 is 10.6 Å². The molecular weight excluding hydrogens is 388 g/mol. The number of Topliss-reactive ketones (excluding diaryl/α,β-unsaturated/α-hetero) is 1. The summed E-state index contributed by atoms with van der Waals surface area (Å²) in [6.07, 6.45) is 2.26. The second-order valence-electron chi connectivity index (χ2n) is 8.58. The van der Waals surface area contributed by atoms with Gasteiger partial charge in [0.05, 0.1) is 16.6 Å². The van der Waals surface area contributed by atoms with Crippen molar-refractivity contribution >= 4 is 27.0 Å². The summed E-state index contributed by atoms with van der Waals surface area (Å²) in [6, 6.07) is 11.3. The van der Waals surface area contributed by atoms with E-state index in [1.807, 2.05) is 6.07 Å². The van der Waals surface area contributed by atoms with Crippen molar-refractivity contribution in [2.45, 2.75) is 37.6 Å². The lowest BCUT2D eigenvalue weighted by Crippen LogP contribution is -2.31. The van der Waals surface area contributed by atoms with Crippen molar-refractivity contribution in [3.63, 3.8) is 0 Å². The molecule has 0 aromatic heterocycles. The molecule has 0 saturated carbocycles. The Hall–Kier alpha value is -2.80. The van der Waals surface area contributed by atoms with Crippen LogP contribution in [0.4, 0.5) is 11.4 Å². The molecule has 3 N–H and O–H groups in total. The summed E-state index contributed by atoms with van der Waals surface area (Å²) in [5.74, 6) is 0.145. The Balaban J connectivity index is 1.87. The number of anilines is 2. The van der Waals surface area contributed by atoms with E-state index in [0.717, 1.165) is 11.3 Å². The smallest absolute Gasteiger partial charge is 0.175 e. The van der Waals surface area contributed by atoms with E-state index in [4.69, 9.17) is 0 Å². The van der Waals surface area contributed by atoms with Gasteiger partial charge in [0, 0.05) is 23.9 Å². The minimum Gasteiger partial charge on any atom is -0.506 e. The third kappa shape index (κ3) is 3.62. The van der Waals surface area contributed by atoms with Crippen LogP contribution in [0.15, 0.2) is 58.6 Å². The van der Waals surface area contributed by atoms with E-state index in [1.54, 1.807) is 36.4 Å². The average molecular weight is 413 g/mol. The van der Waals surface area contributed by atoms with Crippen LogP contribution in [0.1, 0.15) is 38.3 Å². The summed E-state index contributed by atoms with van der Waals surface area (Å²) in [4.78, 5) is 13.4. The lowest BCUT2D eigenvalue weighted by atomic mass is 9.73. The van der Waals surface area contributed by atoms with E-state index in [1.165, 1.54) is 6.26 Å². The van der Waals surface area contributed by atoms with Crippen LogP contribution in [-0.2, 0) is 14.6 Å². The first kappa shape index (κ1) is 19.5. The Morgan fingerprint density at radius 3 is 2.41 bits per heavy atom. The molecule has 6 nitrogen and oxygen atoms in total. The second kappa shape index (κ2) is 6.62. The number of hydrogen-bond donors (Lipinski definition) is 3. The van der Waals surface area contributed by atoms with Gasteiger partial charge in [0.25, 0.3) is 0 Å². The predicted octanol–water partition coefficient (Wildman–Crippen LogP) is 4.02. The standard InChI is InChI=1S/C22H24N2O4S/c1-22(2)11-16-19(18(26)12-22)20(13-7-9-14(10-8-13)29(3,27)28)23-15-5-4-6-17(25)21(15)24-16/h4-10,20,23-25H,11-12H2,1-3H3. The molecule has 152 valence electrons. The molecule has 0 amide bonds. The van der Waals surface area contributed by atoms with E-state index in [-0.39, 0.29) is 21.8 Å². The van der Waals surface area contributed by atoms with Gasteiger partial charge in [-0.3, -0.25) is 4.79 Å². The molecule has 2 aromatic carbocycles. The van der Waals surface area contributed by atoms with Crippen molar-refractivity contribution < 1.29 is 18.3 Å². The zero-order valence-electron chi connectivity index (χ0n) is 16.6. The van der Waals surface area contributed by atoms with Crippen LogP contribution in [0.3, 0.4) is 0 Å². The van der Waals surface area contributed by atoms with Crippen LogP contribution in [0.5, 0.6) is 5.75 Å². The fraction of sp³-hybridized carbons (Fsp3) is 0.318. The van der Waals surface area contributed by atoms with E-state index in [9.17, 15) is 18.3 Å². The molecule has 2 aliphatic rings. The van der Waals surface area contributed by atoms with Crippen LogP contribution in [0, 0.1) is 5.41 Å². The van der Waals surface area contributed by atoms with E-state index >= 15 is 0 Å². The largest absolute Gasteiger partial charge is 0.506 e. The highest BCUT2D eigenvalue weighted by Gasteiger charge is 2.39. The Morgan fingerprint density at radius 2 is 1.76 bits per heavy atom. The van der Waals surface area contributed by atoms with Gasteiger partial charge in [0.15, 0.2) is 15.6 Å². The molecule has 0 radical (unpaired) electrons. The van der Waals surface area contributed by atoms with Gasteiger partial charge in [-0.15, -0.1) is 0 Å². The highest BCUT2D eigenvalue weighted by atomic mass is 32.2. The second-order valence-corrected chi connectivity index (χ2v) is 10.6. The minimum atomic E-state index is -3.31. The first-order chi connectivity index (χ1) is 13.5. The van der Waals surface area contributed by atoms with Crippen molar-refractivity contribution in [1.29, 1.82) is 0 Å². The SMILES string of the molecule is CC1(C)CC(=O)C2=C(C1)Nc1c(O)cccc1NC2c1ccc(S(C)(=O)=O)cc1. The molecule has 1 heterocycles. The number of ketones is 1. The maximum absolute atomic E-state index is 13.1. The molecule has 7 heteroatoms. The quantitative estimate of drug-likeness (QED) is 0.645. The number of aromatic hydroxyl groups is 1. The Labute approximate surface area is 170 Å². The number of rotatable bonds is 2. The number of hydrogen-bond acceptors (Lipinski definition) is 6. The number of carbonyl (C=O) groups excluding carboxylic acids is 1. The minimum absolute atomic E-state index is 0.0423. The van der Waals surface area contributed by atoms with Gasteiger partial charge < -0.3 is 15.7 Å². The number of allylic oxidation sites excluding steroid dienone is 1. The van der Waals surface area contributed by atoms with Gasteiger partial charge in [-0.2, -0.15) is 0 Å². The van der Waals surface area contributed by atoms with Crippen molar-refractivity contribution in [2.24, 2.45) is 5.41 Å². The molecule has 29 heavy (non-hydrogen) atoms. The molecule has 0 fully saturated rings. The first-order valence-corrected chi connectivity index (χ1v) is 11.4. The molecule has 0 saturated heterocycles. The summed E-state index contributed by atoms with van der Waals surface area (Å²) in [7, 11) is -3.31. The van der Waals surface area contributed by atoms with Gasteiger partial charge in [-0.25, -0.2) is 8.42 Å². The van der Waals surface area contributed by atoms with E-state index in [2.05, 4.69) is 24.5 Å². The summed E-state index contributed by atoms with van der Waals surface area (Å²) >= 11 is 0. The van der Waals surface area contributed by atoms with Gasteiger partial charge in [-0.1, -0.05) is 32.0 Å². The number of nitrogens with one attached hydrogen (secondary N) is 2. The Kier molecular flexibility index (Phi) is 4.46. The van der Waals surface area contributed by atoms with Gasteiger partial charge >= 0.3 is 0 Å². The molecule has 4 rings (SSSR count). The summed E-state index contributed by atoms with van der Waals surface area (Å²) in [5.41, 5.74) is 3.24. The normalized spacial score (nSPS) is 20.8. The Bertz CT molecular complexity index is 1130. The van der Waals surface area contributed by atoms with Crippen molar-refractivity contribution in [1.82, 2.24) is 0 Å². The number of fused-ring (bicyclic) bond motifs is 1. The van der Waals surface area contributed by atoms with Gasteiger partial charge in [0.1, 0.15) is 11.4 Å². The third-order valence-electron chi connectivity index (χ3n) is 5.47. The summed E-state index contributed by atoms with van der Waals surface area (Å²) < 4.78 is 23.6. The highest BCUT2D eigenvalue weighted by molar-refractivity contribution is 7.90. The molecular formula is C22H24N2O4S. The molecule has 1 unspecified atom stereocenters. The van der Waals surface area contributed by atoms with Gasteiger partial charge in [0.2, 0.25) is 0 Å². The molecule has 0 spiro atoms. The monoisotopic (exact) mass is 412 g/mol. The van der Waals surface area contributed by atoms with E-state index < -0.39 is 15.9 Å². The molecule has 0 bridgehead atoms. The highest BCUT2D eigenvalue weighted by Crippen LogP contribution is 2.47. The summed E-state index contributed by atoms with van der Waals surface area (Å²) in [5, 5.41) is 17.1. The molecule has 1 aliphatic carbocycles. The van der Waals surface area contributed by atoms with Crippen LogP contribution in [-0.4, -0.2) is 25.6 Å². The lowest BCUT2D eigenvalue weighted by molar-refractivity contribution is -0.118. The fourth-order valence-electron chi connectivity index (χ4n) is 4.11. The molecule has 1 aliphatic heterocycles. The fourth-order valence-corrected chi connectivity index (χ4v) is 4.74. The maximum atomic E-state index is 13.1. The lowest BCUT2D eigenvalue weighted by Gasteiger charge is -2.34. The van der Waals surface area contributed by atoms with Crippen LogP contribution in [0.2, 0.25) is 0 Å². The first-order valence-electron chi connectivity index (χ1n) is 9.47. The van der Waals surface area contributed by atoms with Crippen LogP contribution >= 0.6 is 0 Å². The van der Waals surface area contributed by atoms with Gasteiger partial charge in [-0.05, 0) is 41.7 Å². The zero-order valence-corrected chi connectivity index (χ0v) is 17.4. The topological polar surface area (TPSA) is 95.5 Å². The number of sulfone groups is 1. The maximum Gasteiger partial charge on any atom is 0.175 e. The molecule has 2 aromatic rings. The third-order valence-corrected chi connectivity index (χ3v) is 6.60. The average Bonchev–Trinajstić information content (AvgIpc) is 2.78. The number of phenolic OH excluding ortho intramolecular Hbond substituents is 1.